The number of allylic oxidation sites excluding steroid dienone is 4. The lowest BCUT2D eigenvalue weighted by atomic mass is 9.81. The highest BCUT2D eigenvalue weighted by Crippen LogP contribution is 2.38. The fraction of sp³-hybridized carbons (Fsp3) is 0.200. The summed E-state index contributed by atoms with van der Waals surface area (Å²) >= 11 is 0. The molecule has 3 nitrogen and oxygen atoms in total. The molecular weight excluding hydrogens is 260 g/mol. The minimum absolute atomic E-state index is 0.125. The number of rotatable bonds is 1. The Balaban J connectivity index is 2.69. The molecule has 0 amide bonds. The number of hydrogen-bond acceptors (Lipinski definition) is 3. The fourth-order valence-corrected chi connectivity index (χ4v) is 2.34. The number of benzene rings is 1. The Hall–Kier alpha value is -2.66. The van der Waals surface area contributed by atoms with Gasteiger partial charge in [-0.3, -0.25) is 0 Å². The van der Waals surface area contributed by atoms with E-state index in [4.69, 9.17) is 0 Å². The molecule has 0 aromatic heterocycles. The monoisotopic (exact) mass is 271 g/mol. The average Bonchev–Trinajstić information content (AvgIpc) is 2.38. The van der Waals surface area contributed by atoms with Crippen molar-refractivity contribution in [2.75, 3.05) is 0 Å². The predicted molar refractivity (Wildman–Crippen MR) is 68.9 cm³/mol. The Bertz CT molecular complexity index is 682. The third-order valence-corrected chi connectivity index (χ3v) is 3.27. The van der Waals surface area contributed by atoms with Gasteiger partial charge >= 0.3 is 0 Å². The largest absolute Gasteiger partial charge is 0.361 e. The molecule has 0 bridgehead atoms. The van der Waals surface area contributed by atoms with E-state index in [1.54, 1.807) is 13.8 Å². The van der Waals surface area contributed by atoms with Gasteiger partial charge in [0.1, 0.15) is 11.6 Å². The number of hydrogen-bond donors (Lipinski definition) is 1. The van der Waals surface area contributed by atoms with Gasteiger partial charge < -0.3 is 5.32 Å². The average molecular weight is 271 g/mol. The van der Waals surface area contributed by atoms with E-state index in [2.05, 4.69) is 5.32 Å². The zero-order chi connectivity index (χ0) is 14.9. The van der Waals surface area contributed by atoms with Crippen LogP contribution < -0.4 is 5.32 Å². The minimum Gasteiger partial charge on any atom is -0.361 e. The standard InChI is InChI=1S/C15H11F2N3/c1-8-12(6-18)15(13(7-19)9(2)20-8)11-4-3-10(16)5-14(11)17/h3-5,15,20H,1-2H3. The molecule has 1 aromatic rings. The lowest BCUT2D eigenvalue weighted by Crippen LogP contribution is -2.24. The highest BCUT2D eigenvalue weighted by Gasteiger charge is 2.31. The van der Waals surface area contributed by atoms with E-state index < -0.39 is 17.6 Å². The maximum absolute atomic E-state index is 14.0. The molecule has 0 fully saturated rings. The number of nitriles is 2. The van der Waals surface area contributed by atoms with Gasteiger partial charge in [0.2, 0.25) is 0 Å². The van der Waals surface area contributed by atoms with Crippen molar-refractivity contribution in [3.63, 3.8) is 0 Å². The zero-order valence-corrected chi connectivity index (χ0v) is 11.0. The maximum Gasteiger partial charge on any atom is 0.130 e. The quantitative estimate of drug-likeness (QED) is 0.853. The molecule has 1 aliphatic rings. The zero-order valence-electron chi connectivity index (χ0n) is 11.0. The van der Waals surface area contributed by atoms with Crippen LogP contribution in [0.5, 0.6) is 0 Å². The first kappa shape index (κ1) is 13.8. The first-order valence-electron chi connectivity index (χ1n) is 5.93. The predicted octanol–water partition coefficient (Wildman–Crippen LogP) is 3.25. The van der Waals surface area contributed by atoms with Crippen LogP contribution in [-0.2, 0) is 0 Å². The summed E-state index contributed by atoms with van der Waals surface area (Å²) in [4.78, 5) is 0. The summed E-state index contributed by atoms with van der Waals surface area (Å²) in [6.45, 7) is 3.37. The molecule has 1 N–H and O–H groups in total. The van der Waals surface area contributed by atoms with Gasteiger partial charge in [-0.25, -0.2) is 8.78 Å². The Morgan fingerprint density at radius 3 is 2.05 bits per heavy atom. The smallest absolute Gasteiger partial charge is 0.130 e. The fourth-order valence-electron chi connectivity index (χ4n) is 2.34. The molecule has 1 aliphatic heterocycles. The molecule has 2 rings (SSSR count). The van der Waals surface area contributed by atoms with E-state index in [0.717, 1.165) is 12.1 Å². The molecule has 5 heteroatoms. The second-order valence-electron chi connectivity index (χ2n) is 4.52. The van der Waals surface area contributed by atoms with Gasteiger partial charge in [-0.2, -0.15) is 10.5 Å². The lowest BCUT2D eigenvalue weighted by Gasteiger charge is -2.26. The number of halogens is 2. The van der Waals surface area contributed by atoms with Crippen molar-refractivity contribution >= 4 is 0 Å². The molecule has 100 valence electrons. The van der Waals surface area contributed by atoms with Crippen LogP contribution in [0.2, 0.25) is 0 Å². The first-order chi connectivity index (χ1) is 9.49. The lowest BCUT2D eigenvalue weighted by molar-refractivity contribution is 0.568. The molecule has 0 saturated carbocycles. The van der Waals surface area contributed by atoms with Crippen LogP contribution in [0.4, 0.5) is 8.78 Å². The first-order valence-corrected chi connectivity index (χ1v) is 5.93. The van der Waals surface area contributed by atoms with E-state index in [-0.39, 0.29) is 16.7 Å². The number of nitrogens with zero attached hydrogens (tertiary/aromatic N) is 2. The van der Waals surface area contributed by atoms with Crippen LogP contribution in [0.15, 0.2) is 40.7 Å². The summed E-state index contributed by atoms with van der Waals surface area (Å²) in [6, 6.07) is 7.15. The highest BCUT2D eigenvalue weighted by molar-refractivity contribution is 5.55. The summed E-state index contributed by atoms with van der Waals surface area (Å²) in [5, 5.41) is 21.5. The molecule has 1 aromatic carbocycles. The van der Waals surface area contributed by atoms with E-state index in [9.17, 15) is 19.3 Å². The summed E-state index contributed by atoms with van der Waals surface area (Å²) in [5.74, 6) is -2.26. The molecular formula is C15H11F2N3. The summed E-state index contributed by atoms with van der Waals surface area (Å²) in [7, 11) is 0. The number of nitrogens with one attached hydrogen (secondary N) is 1. The minimum atomic E-state index is -0.799. The van der Waals surface area contributed by atoms with Crippen molar-refractivity contribution in [2.45, 2.75) is 19.8 Å². The molecule has 0 atom stereocenters. The van der Waals surface area contributed by atoms with Crippen LogP contribution in [0.3, 0.4) is 0 Å². The molecule has 0 spiro atoms. The topological polar surface area (TPSA) is 59.6 Å². The van der Waals surface area contributed by atoms with Crippen molar-refractivity contribution in [1.29, 1.82) is 10.5 Å². The van der Waals surface area contributed by atoms with Crippen LogP contribution in [0.1, 0.15) is 25.3 Å². The van der Waals surface area contributed by atoms with Crippen molar-refractivity contribution in [1.82, 2.24) is 5.32 Å². The second-order valence-corrected chi connectivity index (χ2v) is 4.52. The van der Waals surface area contributed by atoms with Gasteiger partial charge in [-0.1, -0.05) is 6.07 Å². The molecule has 0 saturated heterocycles. The van der Waals surface area contributed by atoms with Gasteiger partial charge in [0.25, 0.3) is 0 Å². The Kier molecular flexibility index (Phi) is 3.54. The van der Waals surface area contributed by atoms with Gasteiger partial charge in [0, 0.05) is 23.0 Å². The van der Waals surface area contributed by atoms with Gasteiger partial charge in [0.15, 0.2) is 0 Å². The van der Waals surface area contributed by atoms with E-state index in [1.807, 2.05) is 12.1 Å². The summed E-state index contributed by atoms with van der Waals surface area (Å²) < 4.78 is 27.0. The molecule has 20 heavy (non-hydrogen) atoms. The van der Waals surface area contributed by atoms with Crippen molar-refractivity contribution < 1.29 is 8.78 Å². The van der Waals surface area contributed by atoms with Crippen molar-refractivity contribution in [3.8, 4) is 12.1 Å². The van der Waals surface area contributed by atoms with E-state index in [0.29, 0.717) is 11.4 Å². The highest BCUT2D eigenvalue weighted by atomic mass is 19.1. The summed E-state index contributed by atoms with van der Waals surface area (Å²) in [6.07, 6.45) is 0. The normalized spacial score (nSPS) is 15.7. The molecule has 0 unspecified atom stereocenters. The van der Waals surface area contributed by atoms with Gasteiger partial charge in [-0.15, -0.1) is 0 Å². The van der Waals surface area contributed by atoms with Gasteiger partial charge in [0.05, 0.1) is 29.2 Å². The van der Waals surface area contributed by atoms with Crippen LogP contribution in [0, 0.1) is 34.3 Å². The Morgan fingerprint density at radius 2 is 1.60 bits per heavy atom. The van der Waals surface area contributed by atoms with Gasteiger partial charge in [-0.05, 0) is 19.9 Å². The molecule has 1 heterocycles. The van der Waals surface area contributed by atoms with Crippen LogP contribution in [-0.4, -0.2) is 0 Å². The van der Waals surface area contributed by atoms with E-state index in [1.165, 1.54) is 6.07 Å². The Morgan fingerprint density at radius 1 is 1.05 bits per heavy atom. The Labute approximate surface area is 115 Å². The SMILES string of the molecule is CC1=C(C#N)C(c2ccc(F)cc2F)C(C#N)=C(C)N1. The van der Waals surface area contributed by atoms with Crippen LogP contribution >= 0.6 is 0 Å². The third-order valence-electron chi connectivity index (χ3n) is 3.27. The van der Waals surface area contributed by atoms with Crippen LogP contribution in [0.25, 0.3) is 0 Å². The van der Waals surface area contributed by atoms with Crippen molar-refractivity contribution in [2.24, 2.45) is 0 Å². The van der Waals surface area contributed by atoms with Crippen molar-refractivity contribution in [3.05, 3.63) is 57.9 Å². The van der Waals surface area contributed by atoms with E-state index >= 15 is 0 Å². The second kappa shape index (κ2) is 5.14. The maximum atomic E-state index is 14.0. The molecule has 0 aliphatic carbocycles. The number of dihydropyridines is 1. The molecule has 0 radical (unpaired) electrons. The third kappa shape index (κ3) is 2.15. The summed E-state index contributed by atoms with van der Waals surface area (Å²) in [5.41, 5.74) is 1.78.